The van der Waals surface area contributed by atoms with Gasteiger partial charge in [0, 0.05) is 41.8 Å². The van der Waals surface area contributed by atoms with Crippen molar-refractivity contribution in [2.75, 3.05) is 0 Å². The van der Waals surface area contributed by atoms with Crippen LogP contribution < -0.4 is 11.1 Å². The summed E-state index contributed by atoms with van der Waals surface area (Å²) in [4.78, 5) is 45.5. The molecule has 0 radical (unpaired) electrons. The highest BCUT2D eigenvalue weighted by atomic mass is 19.4. The predicted octanol–water partition coefficient (Wildman–Crippen LogP) is 15.3. The quantitative estimate of drug-likeness (QED) is 0.114. The van der Waals surface area contributed by atoms with Crippen LogP contribution in [0.4, 0.5) is 68.5 Å². The molecule has 412 valence electrons. The standard InChI is InChI=1S/C19H16F3N3O.C10H8N2O2.C9H6F3N.C9H10F3N.C8H3F4N/c1-11-5-6-13(8-16(11)19(20,21)22)10-24-18(26)15-9-14-4-3-7-23-17(14)25-12(15)2;1-6-8(10(13)14)5-7-3-2-4-11-9(7)12-6;1-6-3-4-7(13-2)5-8(6)9(10,11)12;1-6-2-3-7(5-13)4-8(6)9(10,11)12;1-13-5-2-3-7(9)6(4-5)8(10,11)12/h3-9H,10H2,1-2H3,(H,24,26);2-5H,1H3,(H,13,14);3-5H,1H3;2-4H,5,13H2,1H3;2-4H. The Bertz CT molecular complexity index is 3490. The topological polar surface area (TPSA) is 153 Å². The van der Waals surface area contributed by atoms with Gasteiger partial charge < -0.3 is 16.2 Å². The number of halogens is 13. The number of aryl methyl sites for hydroxylation is 5. The Kier molecular flexibility index (Phi) is 20.8. The number of hydrogen-bond acceptors (Lipinski definition) is 7. The van der Waals surface area contributed by atoms with Gasteiger partial charge >= 0.3 is 30.7 Å². The van der Waals surface area contributed by atoms with Crippen molar-refractivity contribution < 1.29 is 71.8 Å². The van der Waals surface area contributed by atoms with E-state index < -0.39 is 64.7 Å². The van der Waals surface area contributed by atoms with E-state index in [-0.39, 0.29) is 46.7 Å². The molecule has 0 bridgehead atoms. The first-order chi connectivity index (χ1) is 36.8. The predicted molar refractivity (Wildman–Crippen MR) is 267 cm³/mol. The minimum absolute atomic E-state index is 0.00723. The maximum absolute atomic E-state index is 13.0. The molecular weight excluding hydrogens is 1070 g/mol. The lowest BCUT2D eigenvalue weighted by Crippen LogP contribution is -2.24. The average Bonchev–Trinajstić information content (AvgIpc) is 3.40. The summed E-state index contributed by atoms with van der Waals surface area (Å²) in [5, 5.41) is 13.0. The molecule has 0 saturated heterocycles. The second kappa shape index (κ2) is 26.3. The summed E-state index contributed by atoms with van der Waals surface area (Å²) < 4.78 is 161. The number of nitrogens with two attached hydrogens (primary N) is 1. The molecule has 0 saturated carbocycles. The van der Waals surface area contributed by atoms with Crippen LogP contribution in [0, 0.1) is 53.6 Å². The SMILES string of the molecule is Cc1ccc(CN)cc1C(F)(F)F.Cc1ccc(CNC(=O)c2cc3cccnc3nc2C)cc1C(F)(F)F.Cc1nc2ncccc2cc1C(=O)O.[C-]#[N+]c1ccc(C)c(C(F)(F)F)c1.[C-]#[N+]c1ccc(F)c(C(F)(F)F)c1. The van der Waals surface area contributed by atoms with Crippen molar-refractivity contribution in [1.82, 2.24) is 25.3 Å². The van der Waals surface area contributed by atoms with Gasteiger partial charge in [0.05, 0.1) is 52.3 Å². The van der Waals surface area contributed by atoms with E-state index in [1.54, 1.807) is 74.8 Å². The number of fused-ring (bicyclic) bond motifs is 2. The Hall–Kier alpha value is -9.03. The molecule has 4 N–H and O–H groups in total. The number of carboxylic acid groups (broad SMARTS) is 1. The highest BCUT2D eigenvalue weighted by Crippen LogP contribution is 2.36. The number of carbonyl (C=O) groups excluding carboxylic acids is 1. The molecule has 1 amide bonds. The molecule has 8 aromatic rings. The Labute approximate surface area is 442 Å². The lowest BCUT2D eigenvalue weighted by Gasteiger charge is -2.13. The molecule has 4 aromatic heterocycles. The van der Waals surface area contributed by atoms with Crippen LogP contribution in [0.25, 0.3) is 31.8 Å². The fourth-order valence-corrected chi connectivity index (χ4v) is 6.88. The van der Waals surface area contributed by atoms with Crippen LogP contribution >= 0.6 is 0 Å². The van der Waals surface area contributed by atoms with Crippen molar-refractivity contribution in [3.05, 3.63) is 223 Å². The molecule has 0 atom stereocenters. The number of amides is 1. The number of carboxylic acids is 1. The van der Waals surface area contributed by atoms with Crippen LogP contribution in [0.5, 0.6) is 0 Å². The van der Waals surface area contributed by atoms with E-state index in [1.807, 2.05) is 0 Å². The molecule has 4 heterocycles. The van der Waals surface area contributed by atoms with Gasteiger partial charge in [-0.25, -0.2) is 38.8 Å². The van der Waals surface area contributed by atoms with Gasteiger partial charge in [0.1, 0.15) is 5.82 Å². The van der Waals surface area contributed by atoms with E-state index >= 15 is 0 Å². The second-order valence-corrected chi connectivity index (χ2v) is 16.7. The third-order valence-corrected chi connectivity index (χ3v) is 11.0. The molecule has 11 nitrogen and oxygen atoms in total. The largest absolute Gasteiger partial charge is 0.478 e. The highest BCUT2D eigenvalue weighted by molar-refractivity contribution is 5.98. The number of nitrogens with one attached hydrogen (secondary N) is 1. The number of nitrogens with zero attached hydrogens (tertiary/aromatic N) is 6. The minimum Gasteiger partial charge on any atom is -0.478 e. The van der Waals surface area contributed by atoms with E-state index in [2.05, 4.69) is 34.9 Å². The average molecular weight is 1110 g/mol. The maximum atomic E-state index is 13.0. The summed E-state index contributed by atoms with van der Waals surface area (Å²) in [6.45, 7) is 20.7. The highest BCUT2D eigenvalue weighted by Gasteiger charge is 2.35. The number of pyridine rings is 4. The summed E-state index contributed by atoms with van der Waals surface area (Å²) in [5.41, 5.74) is 5.69. The fraction of sp³-hybridized carbons (Fsp3) is 0.200. The summed E-state index contributed by atoms with van der Waals surface area (Å²) in [7, 11) is 0. The Morgan fingerprint density at radius 1 is 0.544 bits per heavy atom. The monoisotopic (exact) mass is 1110 g/mol. The van der Waals surface area contributed by atoms with Gasteiger partial charge in [-0.3, -0.25) is 4.79 Å². The number of rotatable bonds is 5. The summed E-state index contributed by atoms with van der Waals surface area (Å²) in [6.07, 6.45) is -14.6. The first-order valence-corrected chi connectivity index (χ1v) is 22.6. The van der Waals surface area contributed by atoms with E-state index in [0.717, 1.165) is 35.0 Å². The van der Waals surface area contributed by atoms with Crippen molar-refractivity contribution in [3.8, 4) is 0 Å². The maximum Gasteiger partial charge on any atom is 0.418 e. The van der Waals surface area contributed by atoms with E-state index in [9.17, 15) is 66.7 Å². The number of carbonyl (C=O) groups is 2. The zero-order valence-electron chi connectivity index (χ0n) is 41.9. The van der Waals surface area contributed by atoms with Crippen molar-refractivity contribution in [2.24, 2.45) is 5.73 Å². The van der Waals surface area contributed by atoms with Gasteiger partial charge in [-0.2, -0.15) is 52.7 Å². The number of aromatic nitrogens is 4. The Morgan fingerprint density at radius 3 is 1.38 bits per heavy atom. The Balaban J connectivity index is 0.000000221. The second-order valence-electron chi connectivity index (χ2n) is 16.7. The third-order valence-electron chi connectivity index (χ3n) is 11.0. The van der Waals surface area contributed by atoms with Gasteiger partial charge in [0.25, 0.3) is 5.91 Å². The number of alkyl halides is 12. The molecule has 0 fully saturated rings. The van der Waals surface area contributed by atoms with Crippen molar-refractivity contribution >= 4 is 45.3 Å². The minimum atomic E-state index is -4.75. The van der Waals surface area contributed by atoms with Crippen LogP contribution in [0.1, 0.15) is 82.2 Å². The lowest BCUT2D eigenvalue weighted by atomic mass is 10.0. The lowest BCUT2D eigenvalue weighted by molar-refractivity contribution is -0.140. The van der Waals surface area contributed by atoms with Gasteiger partial charge in [-0.05, 0) is 129 Å². The van der Waals surface area contributed by atoms with E-state index in [4.69, 9.17) is 24.0 Å². The van der Waals surface area contributed by atoms with Crippen LogP contribution in [0.2, 0.25) is 0 Å². The molecule has 0 aliphatic carbocycles. The van der Waals surface area contributed by atoms with E-state index in [0.29, 0.717) is 51.5 Å². The molecule has 0 unspecified atom stereocenters. The first-order valence-electron chi connectivity index (χ1n) is 22.6. The fourth-order valence-electron chi connectivity index (χ4n) is 6.88. The smallest absolute Gasteiger partial charge is 0.418 e. The molecular formula is C55H43F13N8O3. The van der Waals surface area contributed by atoms with Gasteiger partial charge in [-0.1, -0.05) is 42.5 Å². The van der Waals surface area contributed by atoms with Crippen LogP contribution in [0.3, 0.4) is 0 Å². The summed E-state index contributed by atoms with van der Waals surface area (Å²) in [5.74, 6) is -2.71. The number of aromatic carboxylic acids is 1. The third kappa shape index (κ3) is 17.8. The van der Waals surface area contributed by atoms with Crippen LogP contribution in [0.15, 0.2) is 122 Å². The molecule has 8 rings (SSSR count). The number of hydrogen-bond donors (Lipinski definition) is 3. The Morgan fingerprint density at radius 2 is 0.937 bits per heavy atom. The van der Waals surface area contributed by atoms with Crippen molar-refractivity contribution in [2.45, 2.75) is 72.4 Å². The van der Waals surface area contributed by atoms with Crippen molar-refractivity contribution in [3.63, 3.8) is 0 Å². The molecule has 0 aliphatic heterocycles. The zero-order chi connectivity index (χ0) is 59.2. The molecule has 24 heteroatoms. The molecule has 0 aliphatic rings. The van der Waals surface area contributed by atoms with Gasteiger partial charge in [0.2, 0.25) is 0 Å². The van der Waals surface area contributed by atoms with Gasteiger partial charge in [-0.15, -0.1) is 0 Å². The first kappa shape index (κ1) is 62.5. The molecule has 79 heavy (non-hydrogen) atoms. The zero-order valence-corrected chi connectivity index (χ0v) is 41.9. The molecule has 4 aromatic carbocycles. The number of benzene rings is 4. The normalized spacial score (nSPS) is 11.2. The van der Waals surface area contributed by atoms with Crippen LogP contribution in [-0.2, 0) is 37.8 Å². The van der Waals surface area contributed by atoms with Crippen LogP contribution in [-0.4, -0.2) is 36.9 Å². The molecule has 0 spiro atoms. The van der Waals surface area contributed by atoms with Crippen molar-refractivity contribution in [1.29, 1.82) is 0 Å². The van der Waals surface area contributed by atoms with E-state index in [1.165, 1.54) is 45.0 Å². The van der Waals surface area contributed by atoms with Gasteiger partial charge in [0.15, 0.2) is 22.7 Å². The summed E-state index contributed by atoms with van der Waals surface area (Å²) in [6, 6.07) is 24.2. The summed E-state index contributed by atoms with van der Waals surface area (Å²) >= 11 is 0.